The van der Waals surface area contributed by atoms with Gasteiger partial charge in [-0.2, -0.15) is 0 Å². The lowest BCUT2D eigenvalue weighted by Crippen LogP contribution is -2.14. The molecule has 5 heteroatoms. The number of carboxylic acids is 1. The molecule has 5 aromatic carbocycles. The summed E-state index contributed by atoms with van der Waals surface area (Å²) in [5.74, 6) is -1.82. The van der Waals surface area contributed by atoms with E-state index in [0.29, 0.717) is 16.5 Å². The normalized spacial score (nSPS) is 11.7. The Morgan fingerprint density at radius 3 is 2.07 bits per heavy atom. The maximum atomic E-state index is 12.1. The number of rotatable bonds is 2. The van der Waals surface area contributed by atoms with Crippen molar-refractivity contribution in [3.8, 4) is 0 Å². The summed E-state index contributed by atoms with van der Waals surface area (Å²) in [5.41, 5.74) is 12.5. The van der Waals surface area contributed by atoms with E-state index in [4.69, 9.17) is 11.5 Å². The molecule has 0 saturated heterocycles. The molecule has 0 unspecified atom stereocenters. The van der Waals surface area contributed by atoms with Crippen LogP contribution in [0, 0.1) is 0 Å². The third-order valence-electron chi connectivity index (χ3n) is 5.27. The van der Waals surface area contributed by atoms with Crippen LogP contribution in [0.1, 0.15) is 20.7 Å². The number of fused-ring (bicyclic) bond motifs is 2. The molecular formula is C22H14N2O3. The van der Waals surface area contributed by atoms with E-state index < -0.39 is 11.9 Å². The first-order chi connectivity index (χ1) is 13.0. The minimum absolute atomic E-state index is 0.0374. The van der Waals surface area contributed by atoms with Gasteiger partial charge in [-0.05, 0) is 39.1 Å². The second-order valence-electron chi connectivity index (χ2n) is 6.68. The number of carbonyl (C=O) groups excluding carboxylic acids is 1. The van der Waals surface area contributed by atoms with Gasteiger partial charge in [0.05, 0.1) is 5.56 Å². The van der Waals surface area contributed by atoms with Crippen molar-refractivity contribution in [1.29, 1.82) is 0 Å². The van der Waals surface area contributed by atoms with E-state index in [9.17, 15) is 14.7 Å². The monoisotopic (exact) mass is 354 g/mol. The summed E-state index contributed by atoms with van der Waals surface area (Å²) in [7, 11) is 0. The maximum Gasteiger partial charge on any atom is 0.336 e. The van der Waals surface area contributed by atoms with Gasteiger partial charge in [0, 0.05) is 27.4 Å². The fourth-order valence-electron chi connectivity index (χ4n) is 4.25. The second kappa shape index (κ2) is 5.08. The van der Waals surface area contributed by atoms with Gasteiger partial charge in [0.25, 0.3) is 0 Å². The van der Waals surface area contributed by atoms with Crippen molar-refractivity contribution in [2.45, 2.75) is 0 Å². The van der Waals surface area contributed by atoms with Crippen molar-refractivity contribution in [3.63, 3.8) is 0 Å². The average Bonchev–Trinajstić information content (AvgIpc) is 2.65. The molecule has 0 aliphatic rings. The molecule has 1 amide bonds. The van der Waals surface area contributed by atoms with Gasteiger partial charge >= 0.3 is 5.97 Å². The molecular weight excluding hydrogens is 340 g/mol. The molecule has 0 heterocycles. The highest BCUT2D eigenvalue weighted by Crippen LogP contribution is 2.44. The van der Waals surface area contributed by atoms with Gasteiger partial charge in [-0.15, -0.1) is 0 Å². The van der Waals surface area contributed by atoms with Crippen molar-refractivity contribution in [3.05, 3.63) is 65.7 Å². The molecule has 5 aromatic rings. The minimum atomic E-state index is -1.11. The quantitative estimate of drug-likeness (QED) is 0.252. The van der Waals surface area contributed by atoms with Gasteiger partial charge < -0.3 is 16.6 Å². The van der Waals surface area contributed by atoms with Crippen molar-refractivity contribution in [1.82, 2.24) is 0 Å². The fourth-order valence-corrected chi connectivity index (χ4v) is 4.25. The van der Waals surface area contributed by atoms with Crippen LogP contribution in [0.2, 0.25) is 0 Å². The van der Waals surface area contributed by atoms with Crippen LogP contribution in [0.3, 0.4) is 0 Å². The Bertz CT molecular complexity index is 1430. The number of hydrogen-bond acceptors (Lipinski definition) is 3. The Morgan fingerprint density at radius 2 is 1.41 bits per heavy atom. The molecule has 0 fully saturated rings. The first kappa shape index (κ1) is 15.4. The lowest BCUT2D eigenvalue weighted by Gasteiger charge is -2.18. The summed E-state index contributed by atoms with van der Waals surface area (Å²) in [4.78, 5) is 23.9. The second-order valence-corrected chi connectivity index (χ2v) is 6.68. The Balaban J connectivity index is 2.24. The van der Waals surface area contributed by atoms with Crippen LogP contribution in [0.4, 0.5) is 5.69 Å². The lowest BCUT2D eigenvalue weighted by molar-refractivity contribution is 0.0699. The van der Waals surface area contributed by atoms with Crippen LogP contribution in [0.15, 0.2) is 54.6 Å². The number of primary amides is 1. The van der Waals surface area contributed by atoms with Crippen molar-refractivity contribution < 1.29 is 14.7 Å². The SMILES string of the molecule is NC(=O)c1cc(N)c2c3cccc4cccc(c5ccc(C(=O)O)c1c52)c43. The summed E-state index contributed by atoms with van der Waals surface area (Å²) in [6.45, 7) is 0. The van der Waals surface area contributed by atoms with Gasteiger partial charge in [-0.25, -0.2) is 4.79 Å². The van der Waals surface area contributed by atoms with Gasteiger partial charge in [0.15, 0.2) is 0 Å². The van der Waals surface area contributed by atoms with Crippen molar-refractivity contribution >= 4 is 60.7 Å². The molecule has 130 valence electrons. The number of benzene rings is 5. The first-order valence-corrected chi connectivity index (χ1v) is 8.44. The van der Waals surface area contributed by atoms with Gasteiger partial charge in [0.1, 0.15) is 0 Å². The average molecular weight is 354 g/mol. The van der Waals surface area contributed by atoms with Gasteiger partial charge in [-0.3, -0.25) is 4.79 Å². The predicted molar refractivity (Wildman–Crippen MR) is 108 cm³/mol. The summed E-state index contributed by atoms with van der Waals surface area (Å²) in [6.07, 6.45) is 0. The molecule has 0 radical (unpaired) electrons. The Morgan fingerprint density at radius 1 is 0.741 bits per heavy atom. The maximum absolute atomic E-state index is 12.1. The number of carbonyl (C=O) groups is 2. The van der Waals surface area contributed by atoms with Crippen LogP contribution in [-0.2, 0) is 0 Å². The van der Waals surface area contributed by atoms with E-state index in [1.807, 2.05) is 36.4 Å². The largest absolute Gasteiger partial charge is 0.478 e. The number of amides is 1. The zero-order valence-corrected chi connectivity index (χ0v) is 14.1. The number of anilines is 1. The molecule has 5 nitrogen and oxygen atoms in total. The smallest absolute Gasteiger partial charge is 0.336 e. The van der Waals surface area contributed by atoms with E-state index in [2.05, 4.69) is 0 Å². The van der Waals surface area contributed by atoms with Crippen molar-refractivity contribution in [2.24, 2.45) is 5.73 Å². The molecule has 0 spiro atoms. The Hall–Kier alpha value is -3.86. The van der Waals surface area contributed by atoms with E-state index in [1.165, 1.54) is 12.1 Å². The molecule has 0 aromatic heterocycles. The number of hydrogen-bond donors (Lipinski definition) is 3. The standard InChI is InChI=1S/C22H14N2O3/c23-16-9-15(21(24)25)18-14(22(26)27)8-7-12-11-5-1-3-10-4-2-6-13(17(10)11)19(16)20(12)18/h1-9H,23H2,(H2,24,25)(H,26,27). The van der Waals surface area contributed by atoms with E-state index in [1.54, 1.807) is 6.07 Å². The number of carboxylic acid groups (broad SMARTS) is 1. The molecule has 0 saturated carbocycles. The van der Waals surface area contributed by atoms with Crippen LogP contribution >= 0.6 is 0 Å². The summed E-state index contributed by atoms with van der Waals surface area (Å²) in [5, 5.41) is 16.3. The number of nitrogens with two attached hydrogens (primary N) is 2. The van der Waals surface area contributed by atoms with Crippen LogP contribution in [-0.4, -0.2) is 17.0 Å². The summed E-state index contributed by atoms with van der Waals surface area (Å²) >= 11 is 0. The van der Waals surface area contributed by atoms with Gasteiger partial charge in [0.2, 0.25) is 5.91 Å². The molecule has 0 bridgehead atoms. The zero-order chi connectivity index (χ0) is 18.9. The van der Waals surface area contributed by atoms with Crippen LogP contribution < -0.4 is 11.5 Å². The molecule has 0 aliphatic carbocycles. The molecule has 5 rings (SSSR count). The summed E-state index contributed by atoms with van der Waals surface area (Å²) < 4.78 is 0. The zero-order valence-electron chi connectivity index (χ0n) is 14.1. The third-order valence-corrected chi connectivity index (χ3v) is 5.27. The third kappa shape index (κ3) is 1.88. The molecule has 0 aliphatic heterocycles. The minimum Gasteiger partial charge on any atom is -0.478 e. The van der Waals surface area contributed by atoms with Gasteiger partial charge in [-0.1, -0.05) is 42.5 Å². The van der Waals surface area contributed by atoms with E-state index in [0.717, 1.165) is 32.3 Å². The Kier molecular flexibility index (Phi) is 2.90. The highest BCUT2D eigenvalue weighted by Gasteiger charge is 2.22. The van der Waals surface area contributed by atoms with Crippen molar-refractivity contribution in [2.75, 3.05) is 5.73 Å². The summed E-state index contributed by atoms with van der Waals surface area (Å²) in [6, 6.07) is 16.7. The number of aromatic carboxylic acids is 1. The number of nitrogen functional groups attached to an aromatic ring is 1. The first-order valence-electron chi connectivity index (χ1n) is 8.44. The lowest BCUT2D eigenvalue weighted by atomic mass is 9.85. The Labute approximate surface area is 153 Å². The van der Waals surface area contributed by atoms with Crippen LogP contribution in [0.5, 0.6) is 0 Å². The molecule has 5 N–H and O–H groups in total. The highest BCUT2D eigenvalue weighted by molar-refractivity contribution is 6.38. The van der Waals surface area contributed by atoms with E-state index >= 15 is 0 Å². The molecule has 0 atom stereocenters. The predicted octanol–water partition coefficient (Wildman–Crippen LogP) is 4.12. The van der Waals surface area contributed by atoms with Crippen LogP contribution in [0.25, 0.3) is 43.1 Å². The fraction of sp³-hybridized carbons (Fsp3) is 0. The molecule has 27 heavy (non-hydrogen) atoms. The van der Waals surface area contributed by atoms with E-state index in [-0.39, 0.29) is 11.1 Å². The highest BCUT2D eigenvalue weighted by atomic mass is 16.4. The topological polar surface area (TPSA) is 106 Å².